The van der Waals surface area contributed by atoms with Crippen LogP contribution in [0, 0.1) is 23.1 Å². The summed E-state index contributed by atoms with van der Waals surface area (Å²) in [6.45, 7) is 2.48. The molecule has 1 saturated carbocycles. The van der Waals surface area contributed by atoms with Gasteiger partial charge in [0.25, 0.3) is 0 Å². The van der Waals surface area contributed by atoms with Crippen LogP contribution in [0.3, 0.4) is 0 Å². The van der Waals surface area contributed by atoms with Gasteiger partial charge in [0.1, 0.15) is 11.3 Å². The number of halogens is 1. The van der Waals surface area contributed by atoms with Crippen LogP contribution in [0.25, 0.3) is 43.7 Å². The number of carbonyl (C=O) groups excluding carboxylic acids is 1. The number of hydrogen-bond acceptors (Lipinski definition) is 9. The van der Waals surface area contributed by atoms with E-state index in [1.165, 1.54) is 7.11 Å². The maximum atomic E-state index is 17.5. The minimum absolute atomic E-state index is 0.0257. The third-order valence-corrected chi connectivity index (χ3v) is 11.2. The predicted octanol–water partition coefficient (Wildman–Crippen LogP) is 5.71. The molecule has 3 saturated heterocycles. The number of methoxy groups -OCH3 is 2. The average molecular weight is 677 g/mol. The highest BCUT2D eigenvalue weighted by atomic mass is 19.1. The van der Waals surface area contributed by atoms with E-state index in [0.717, 1.165) is 59.1 Å². The lowest BCUT2D eigenvalue weighted by molar-refractivity contribution is -0.140. The van der Waals surface area contributed by atoms with Crippen LogP contribution in [0.15, 0.2) is 42.5 Å². The second kappa shape index (κ2) is 12.4. The van der Waals surface area contributed by atoms with Crippen molar-refractivity contribution in [2.75, 3.05) is 52.8 Å². The normalized spacial score (nSPS) is 20.0. The molecular weight excluding hydrogens is 635 g/mol. The molecule has 0 radical (unpaired) electrons. The van der Waals surface area contributed by atoms with Crippen LogP contribution in [0.1, 0.15) is 36.6 Å². The number of nitrogens with one attached hydrogen (secondary N) is 1. The lowest BCUT2D eigenvalue weighted by Crippen LogP contribution is -2.57. The smallest absolute Gasteiger partial charge is 0.305 e. The third kappa shape index (κ3) is 4.95. The summed E-state index contributed by atoms with van der Waals surface area (Å²) in [5, 5.41) is 27.1. The van der Waals surface area contributed by atoms with Gasteiger partial charge in [-0.05, 0) is 73.0 Å². The van der Waals surface area contributed by atoms with E-state index in [9.17, 15) is 15.2 Å². The molecular formula is C39H41FN6O4. The van der Waals surface area contributed by atoms with Gasteiger partial charge in [-0.3, -0.25) is 4.79 Å². The van der Waals surface area contributed by atoms with E-state index in [-0.39, 0.29) is 42.2 Å². The first-order valence-electron chi connectivity index (χ1n) is 17.3. The molecule has 2 aromatic heterocycles. The van der Waals surface area contributed by atoms with Crippen LogP contribution in [-0.2, 0) is 22.4 Å². The maximum absolute atomic E-state index is 17.5. The van der Waals surface area contributed by atoms with Crippen LogP contribution in [0.2, 0.25) is 0 Å². The molecule has 1 aliphatic carbocycles. The molecule has 4 fully saturated rings. The van der Waals surface area contributed by atoms with Crippen molar-refractivity contribution in [2.45, 2.75) is 50.2 Å². The number of nitriles is 1. The molecule has 10 nitrogen and oxygen atoms in total. The molecule has 4 aliphatic rings. The number of aromatic hydroxyl groups is 1. The number of likely N-dealkylation sites (N-methyl/N-ethyl adjacent to an activating group) is 1. The average Bonchev–Trinajstić information content (AvgIpc) is 3.81. The van der Waals surface area contributed by atoms with Crippen molar-refractivity contribution in [1.82, 2.24) is 19.8 Å². The number of phenols is 1. The maximum Gasteiger partial charge on any atom is 0.305 e. The third-order valence-electron chi connectivity index (χ3n) is 11.2. The Morgan fingerprint density at radius 3 is 2.64 bits per heavy atom. The fraction of sp³-hybridized carbons (Fsp3) is 0.410. The molecule has 11 heteroatoms. The van der Waals surface area contributed by atoms with Crippen molar-refractivity contribution in [3.8, 4) is 28.8 Å². The molecule has 3 aromatic carbocycles. The molecule has 50 heavy (non-hydrogen) atoms. The zero-order valence-electron chi connectivity index (χ0n) is 28.8. The number of rotatable bonds is 10. The summed E-state index contributed by atoms with van der Waals surface area (Å²) < 4.78 is 31.1. The molecule has 0 amide bonds. The van der Waals surface area contributed by atoms with E-state index in [1.807, 2.05) is 30.3 Å². The predicted molar refractivity (Wildman–Crippen MR) is 191 cm³/mol. The number of ether oxygens (including phenoxy) is 2. The van der Waals surface area contributed by atoms with Gasteiger partial charge in [-0.15, -0.1) is 0 Å². The molecule has 0 unspecified atom stereocenters. The summed E-state index contributed by atoms with van der Waals surface area (Å²) in [6.07, 6.45) is 2.20. The zero-order chi connectivity index (χ0) is 34.8. The second-order valence-corrected chi connectivity index (χ2v) is 14.1. The fourth-order valence-electron chi connectivity index (χ4n) is 8.60. The van der Waals surface area contributed by atoms with Gasteiger partial charge in [-0.2, -0.15) is 5.26 Å². The van der Waals surface area contributed by atoms with E-state index in [4.69, 9.17) is 14.5 Å². The Labute approximate surface area is 290 Å². The number of hydrogen-bond donors (Lipinski definition) is 2. The van der Waals surface area contributed by atoms with Gasteiger partial charge in [0, 0.05) is 61.2 Å². The molecule has 258 valence electrons. The standard InChI is InChI=1S/C39H41FN6O4/c1-44(2)24-19-45(20-24)38-30(11-12-31(48)49-3)46(36-23-16-29(36)42-18-23)37-28-15-22(9-7-13-41)32(34(40)35(28)43-39(50-4)33(37)38)27-17-25(47)14-21-8-5-6-10-26(21)27/h5-6,8,10,14-15,17,23-24,29,36,42,47H,7,9,11-12,16,18-20H2,1-4H3/t23-,29-,36+/m1/s1. The van der Waals surface area contributed by atoms with Crippen molar-refractivity contribution in [3.63, 3.8) is 0 Å². The number of carbonyl (C=O) groups is 1. The lowest BCUT2D eigenvalue weighted by Gasteiger charge is -2.45. The zero-order valence-corrected chi connectivity index (χ0v) is 28.8. The van der Waals surface area contributed by atoms with E-state index < -0.39 is 5.82 Å². The van der Waals surface area contributed by atoms with Gasteiger partial charge in [0.05, 0.1) is 49.3 Å². The Morgan fingerprint density at radius 1 is 1.16 bits per heavy atom. The van der Waals surface area contributed by atoms with Crippen molar-refractivity contribution in [1.29, 1.82) is 5.26 Å². The van der Waals surface area contributed by atoms with Crippen LogP contribution < -0.4 is 15.0 Å². The minimum Gasteiger partial charge on any atom is -0.508 e. The van der Waals surface area contributed by atoms with Crippen molar-refractivity contribution in [2.24, 2.45) is 5.92 Å². The Bertz CT molecular complexity index is 2200. The summed E-state index contributed by atoms with van der Waals surface area (Å²) in [5.41, 5.74) is 4.50. The summed E-state index contributed by atoms with van der Waals surface area (Å²) in [4.78, 5) is 22.1. The van der Waals surface area contributed by atoms with Crippen molar-refractivity contribution >= 4 is 44.2 Å². The molecule has 0 spiro atoms. The Balaban J connectivity index is 1.47. The first kappa shape index (κ1) is 32.3. The van der Waals surface area contributed by atoms with Crippen LogP contribution in [-0.4, -0.2) is 85.6 Å². The highest BCUT2D eigenvalue weighted by Crippen LogP contribution is 2.53. The van der Waals surface area contributed by atoms with Crippen LogP contribution in [0.4, 0.5) is 10.1 Å². The molecule has 3 atom stereocenters. The van der Waals surface area contributed by atoms with E-state index in [1.54, 1.807) is 19.2 Å². The van der Waals surface area contributed by atoms with Crippen molar-refractivity contribution < 1.29 is 23.8 Å². The van der Waals surface area contributed by atoms with Gasteiger partial charge in [-0.1, -0.05) is 24.3 Å². The fourth-order valence-corrected chi connectivity index (χ4v) is 8.60. The molecule has 9 rings (SSSR count). The summed E-state index contributed by atoms with van der Waals surface area (Å²) in [6, 6.07) is 15.8. The van der Waals surface area contributed by atoms with Crippen LogP contribution in [0.5, 0.6) is 11.6 Å². The van der Waals surface area contributed by atoms with Crippen molar-refractivity contribution in [3.05, 3.63) is 59.5 Å². The van der Waals surface area contributed by atoms with E-state index in [0.29, 0.717) is 52.8 Å². The summed E-state index contributed by atoms with van der Waals surface area (Å²) >= 11 is 0. The molecule has 3 aliphatic heterocycles. The Kier molecular flexibility index (Phi) is 8.04. The Hall–Kier alpha value is -4.92. The molecule has 5 aromatic rings. The minimum atomic E-state index is -0.525. The van der Waals surface area contributed by atoms with Gasteiger partial charge >= 0.3 is 5.97 Å². The highest BCUT2D eigenvalue weighted by Gasteiger charge is 2.50. The van der Waals surface area contributed by atoms with E-state index >= 15 is 4.39 Å². The monoisotopic (exact) mass is 676 g/mol. The second-order valence-electron chi connectivity index (χ2n) is 14.1. The van der Waals surface area contributed by atoms with Gasteiger partial charge in [0.15, 0.2) is 5.82 Å². The number of aryl methyl sites for hydroxylation is 1. The number of esters is 1. The van der Waals surface area contributed by atoms with Gasteiger partial charge in [-0.25, -0.2) is 9.37 Å². The van der Waals surface area contributed by atoms with Gasteiger partial charge in [0.2, 0.25) is 5.88 Å². The first-order chi connectivity index (χ1) is 24.2. The van der Waals surface area contributed by atoms with Crippen LogP contribution >= 0.6 is 0 Å². The molecule has 5 heterocycles. The Morgan fingerprint density at radius 2 is 1.96 bits per heavy atom. The first-order valence-corrected chi connectivity index (χ1v) is 17.3. The number of nitrogens with zero attached hydrogens (tertiary/aromatic N) is 5. The molecule has 2 bridgehead atoms. The number of anilines is 1. The largest absolute Gasteiger partial charge is 0.508 e. The number of pyridine rings is 1. The molecule has 2 N–H and O–H groups in total. The number of benzene rings is 3. The quantitative estimate of drug-likeness (QED) is 0.180. The summed E-state index contributed by atoms with van der Waals surface area (Å²) in [5.74, 6) is -0.0777. The summed E-state index contributed by atoms with van der Waals surface area (Å²) in [7, 11) is 7.13. The SMILES string of the molecule is COC(=O)CCc1c(N2CC(N(C)C)C2)c2c(OC)nc3c(F)c(-c4cc(O)cc5ccccc45)c(CCC#N)cc3c2n1[C@H]1[C@H]2CN[C@@H]1C2. The lowest BCUT2D eigenvalue weighted by atomic mass is 9.79. The number of aromatic nitrogens is 2. The van der Waals surface area contributed by atoms with Gasteiger partial charge < -0.3 is 34.3 Å². The topological polar surface area (TPSA) is 116 Å². The highest BCUT2D eigenvalue weighted by molar-refractivity contribution is 6.14. The van der Waals surface area contributed by atoms with E-state index in [2.05, 4.69) is 39.8 Å². The number of phenolic OH excluding ortho intramolecular Hbond substituents is 1. The number of fused-ring (bicyclic) bond motifs is 5.